The van der Waals surface area contributed by atoms with Gasteiger partial charge in [0.1, 0.15) is 35.9 Å². The predicted molar refractivity (Wildman–Crippen MR) is 122 cm³/mol. The van der Waals surface area contributed by atoms with Crippen molar-refractivity contribution in [2.75, 3.05) is 19.3 Å². The molecule has 1 amide bonds. The Bertz CT molecular complexity index is 624. The normalized spacial score (nSPS) is 35.4. The average Bonchev–Trinajstić information content (AvgIpc) is 3.12. The first kappa shape index (κ1) is 28.7. The van der Waals surface area contributed by atoms with Crippen molar-refractivity contribution in [2.45, 2.75) is 107 Å². The summed E-state index contributed by atoms with van der Waals surface area (Å²) in [5, 5.41) is 42.8. The van der Waals surface area contributed by atoms with Gasteiger partial charge in [-0.25, -0.2) is 8.78 Å². The molecule has 2 heterocycles. The fourth-order valence-electron chi connectivity index (χ4n) is 4.80. The van der Waals surface area contributed by atoms with E-state index in [1.807, 2.05) is 4.90 Å². The molecule has 0 saturated carbocycles. The molecule has 2 fully saturated rings. The number of nitrogens with one attached hydrogen (secondary N) is 1. The van der Waals surface area contributed by atoms with Gasteiger partial charge in [0.15, 0.2) is 0 Å². The topological polar surface area (TPSA) is 122 Å². The minimum absolute atomic E-state index is 0.223. The maximum absolute atomic E-state index is 14.6. The van der Waals surface area contributed by atoms with E-state index < -0.39 is 59.9 Å². The molecule has 0 aliphatic carbocycles. The molecule has 2 aliphatic heterocycles. The van der Waals surface area contributed by atoms with E-state index in [-0.39, 0.29) is 12.5 Å². The Labute approximate surface area is 199 Å². The molecule has 0 unspecified atom stereocenters. The number of thioether (sulfide) groups is 1. The number of carbonyl (C=O) groups excluding carboxylic acids is 1. The monoisotopic (exact) mass is 498 g/mol. The highest BCUT2D eigenvalue weighted by molar-refractivity contribution is 7.99. The molecule has 9 atom stereocenters. The Hall–Kier alpha value is -0.560. The van der Waals surface area contributed by atoms with Crippen LogP contribution < -0.4 is 5.32 Å². The summed E-state index contributed by atoms with van der Waals surface area (Å²) in [6, 6.07) is -2.60. The first-order valence-electron chi connectivity index (χ1n) is 11.7. The summed E-state index contributed by atoms with van der Waals surface area (Å²) in [4.78, 5) is 15.0. The van der Waals surface area contributed by atoms with Crippen LogP contribution >= 0.6 is 11.8 Å². The lowest BCUT2D eigenvalue weighted by Gasteiger charge is -2.44. The lowest BCUT2D eigenvalue weighted by atomic mass is 9.91. The molecule has 0 bridgehead atoms. The quantitative estimate of drug-likeness (QED) is 0.267. The van der Waals surface area contributed by atoms with Gasteiger partial charge in [0.2, 0.25) is 5.91 Å². The van der Waals surface area contributed by atoms with Crippen molar-refractivity contribution in [3.8, 4) is 0 Å². The van der Waals surface area contributed by atoms with Crippen LogP contribution in [0, 0.1) is 5.92 Å². The third-order valence-electron chi connectivity index (χ3n) is 6.52. The van der Waals surface area contributed by atoms with E-state index >= 15 is 0 Å². The third kappa shape index (κ3) is 7.46. The molecule has 2 aliphatic rings. The summed E-state index contributed by atoms with van der Waals surface area (Å²) in [6.45, 7) is 5.19. The van der Waals surface area contributed by atoms with Crippen LogP contribution in [0.1, 0.15) is 52.9 Å². The summed E-state index contributed by atoms with van der Waals surface area (Å²) < 4.78 is 34.8. The molecule has 0 aromatic rings. The van der Waals surface area contributed by atoms with Crippen molar-refractivity contribution >= 4 is 17.7 Å². The molecule has 33 heavy (non-hydrogen) atoms. The van der Waals surface area contributed by atoms with Gasteiger partial charge in [-0.05, 0) is 31.9 Å². The summed E-state index contributed by atoms with van der Waals surface area (Å²) in [6.07, 6.45) is -1.07. The van der Waals surface area contributed by atoms with Crippen LogP contribution in [0.4, 0.5) is 8.78 Å². The molecule has 0 aromatic heterocycles. The number of hydrogen-bond donors (Lipinski definition) is 5. The Morgan fingerprint density at radius 1 is 1.24 bits per heavy atom. The zero-order valence-corrected chi connectivity index (χ0v) is 20.7. The minimum Gasteiger partial charge on any atom is -0.392 e. The van der Waals surface area contributed by atoms with Crippen molar-refractivity contribution in [2.24, 2.45) is 5.92 Å². The van der Waals surface area contributed by atoms with Crippen LogP contribution in [-0.4, -0.2) is 105 Å². The number of hydrogen-bond acceptors (Lipinski definition) is 8. The first-order valence-corrected chi connectivity index (χ1v) is 13.0. The van der Waals surface area contributed by atoms with E-state index in [0.717, 1.165) is 37.4 Å². The number of amides is 1. The highest BCUT2D eigenvalue weighted by atomic mass is 32.2. The largest absolute Gasteiger partial charge is 0.392 e. The van der Waals surface area contributed by atoms with Gasteiger partial charge in [0, 0.05) is 20.0 Å². The summed E-state index contributed by atoms with van der Waals surface area (Å²) in [7, 11) is 0. The maximum Gasteiger partial charge on any atom is 0.267 e. The fraction of sp³-hybridized carbons (Fsp3) is 0.955. The van der Waals surface area contributed by atoms with Crippen molar-refractivity contribution in [1.82, 2.24) is 10.2 Å². The van der Waals surface area contributed by atoms with Crippen molar-refractivity contribution in [3.05, 3.63) is 0 Å². The molecule has 0 spiro atoms. The third-order valence-corrected chi connectivity index (χ3v) is 7.37. The Morgan fingerprint density at radius 2 is 1.91 bits per heavy atom. The molecule has 8 nitrogen and oxygen atoms in total. The fourth-order valence-corrected chi connectivity index (χ4v) is 5.47. The summed E-state index contributed by atoms with van der Waals surface area (Å²) in [5.41, 5.74) is -1.03. The Morgan fingerprint density at radius 3 is 2.45 bits per heavy atom. The number of rotatable bonds is 11. The van der Waals surface area contributed by atoms with Gasteiger partial charge in [-0.15, -0.1) is 11.8 Å². The highest BCUT2D eigenvalue weighted by Gasteiger charge is 2.53. The number of alkyl halides is 2. The van der Waals surface area contributed by atoms with E-state index in [0.29, 0.717) is 19.9 Å². The van der Waals surface area contributed by atoms with E-state index in [1.165, 1.54) is 0 Å². The van der Waals surface area contributed by atoms with Crippen LogP contribution in [0.15, 0.2) is 0 Å². The van der Waals surface area contributed by atoms with E-state index in [2.05, 4.69) is 12.2 Å². The van der Waals surface area contributed by atoms with Gasteiger partial charge < -0.3 is 30.5 Å². The SMILES string of the molecule is CCCCC[C@@H]1C[C@@H](C(=O)N[C@@H]([C@H]2O[C@H](SC)[C@H](O)[C@@H](O)[C@H]2O)C(C)(F)F)N(C[C@@H](C)O)C1. The standard InChI is InChI=1S/C22H40F2N2O6S/c1-5-6-7-8-13-9-14(26(11-13)10-12(2)27)20(31)25-19(22(3,23)24)18-16(29)15(28)17(30)21(32-18)33-4/h12-19,21,27-30H,5-11H2,1-4H3,(H,25,31)/t12-,13-,14+,15+,16-,17-,18+,19+,21-/m1/s1. The Balaban J connectivity index is 2.19. The summed E-state index contributed by atoms with van der Waals surface area (Å²) >= 11 is 1.02. The van der Waals surface area contributed by atoms with Crippen LogP contribution in [0.2, 0.25) is 0 Å². The molecular weight excluding hydrogens is 458 g/mol. The molecule has 194 valence electrons. The second-order valence-electron chi connectivity index (χ2n) is 9.54. The second-order valence-corrected chi connectivity index (χ2v) is 10.5. The molecule has 5 N–H and O–H groups in total. The number of aliphatic hydroxyl groups is 4. The van der Waals surface area contributed by atoms with Crippen molar-refractivity contribution in [3.63, 3.8) is 0 Å². The summed E-state index contributed by atoms with van der Waals surface area (Å²) in [5.74, 6) is -3.88. The van der Waals surface area contributed by atoms with Gasteiger partial charge in [0.05, 0.1) is 12.1 Å². The minimum atomic E-state index is -3.47. The molecule has 2 saturated heterocycles. The van der Waals surface area contributed by atoms with Gasteiger partial charge in [-0.2, -0.15) is 0 Å². The Kier molecular flexibility index (Phi) is 10.8. The number of aliphatic hydroxyl groups excluding tert-OH is 4. The smallest absolute Gasteiger partial charge is 0.267 e. The first-order chi connectivity index (χ1) is 15.4. The number of likely N-dealkylation sites (tertiary alicyclic amines) is 1. The molecular formula is C22H40F2N2O6S. The van der Waals surface area contributed by atoms with Gasteiger partial charge in [-0.1, -0.05) is 26.2 Å². The lowest BCUT2D eigenvalue weighted by molar-refractivity contribution is -0.223. The van der Waals surface area contributed by atoms with Crippen molar-refractivity contribution in [1.29, 1.82) is 0 Å². The van der Waals surface area contributed by atoms with Crippen LogP contribution in [0.5, 0.6) is 0 Å². The van der Waals surface area contributed by atoms with E-state index in [4.69, 9.17) is 4.74 Å². The number of ether oxygens (including phenoxy) is 1. The molecule has 0 aromatic carbocycles. The molecule has 2 rings (SSSR count). The number of carbonyl (C=O) groups is 1. The molecule has 11 heteroatoms. The van der Waals surface area contributed by atoms with E-state index in [9.17, 15) is 34.0 Å². The zero-order valence-electron chi connectivity index (χ0n) is 19.9. The second kappa shape index (κ2) is 12.4. The van der Waals surface area contributed by atoms with Gasteiger partial charge in [-0.3, -0.25) is 9.69 Å². The number of nitrogens with zero attached hydrogens (tertiary/aromatic N) is 1. The van der Waals surface area contributed by atoms with Gasteiger partial charge in [0.25, 0.3) is 5.92 Å². The highest BCUT2D eigenvalue weighted by Crippen LogP contribution is 2.34. The average molecular weight is 499 g/mol. The van der Waals surface area contributed by atoms with Crippen LogP contribution in [0.3, 0.4) is 0 Å². The zero-order chi connectivity index (χ0) is 24.9. The molecule has 0 radical (unpaired) electrons. The number of halogens is 2. The van der Waals surface area contributed by atoms with Gasteiger partial charge >= 0.3 is 0 Å². The number of β-amino-alcohol motifs (C(OH)–C–C–N with tert-alkyl or cyclic N) is 1. The van der Waals surface area contributed by atoms with Crippen LogP contribution in [0.25, 0.3) is 0 Å². The maximum atomic E-state index is 14.6. The lowest BCUT2D eigenvalue weighted by Crippen LogP contribution is -2.67. The van der Waals surface area contributed by atoms with E-state index in [1.54, 1.807) is 13.2 Å². The predicted octanol–water partition coefficient (Wildman–Crippen LogP) is 0.949. The number of unbranched alkanes of at least 4 members (excludes halogenated alkanes) is 2. The van der Waals surface area contributed by atoms with Crippen molar-refractivity contribution < 1.29 is 38.7 Å². The van der Waals surface area contributed by atoms with Crippen LogP contribution in [-0.2, 0) is 9.53 Å².